The Kier molecular flexibility index (Phi) is 11.6. The van der Waals surface area contributed by atoms with E-state index in [-0.39, 0.29) is 35.8 Å². The molecule has 3 aliphatic rings. The molecule has 3 fully saturated rings. The lowest BCUT2D eigenvalue weighted by atomic mass is 10.1. The average Bonchev–Trinajstić information content (AvgIpc) is 3.39. The summed E-state index contributed by atoms with van der Waals surface area (Å²) in [5.74, 6) is 1.59. The monoisotopic (exact) mass is 557 g/mol. The molecule has 0 aromatic rings. The molecule has 2 saturated heterocycles. The van der Waals surface area contributed by atoms with Gasteiger partial charge in [-0.3, -0.25) is 4.99 Å². The zero-order valence-electron chi connectivity index (χ0n) is 18.3. The summed E-state index contributed by atoms with van der Waals surface area (Å²) in [6, 6.07) is 0.376. The first-order valence-corrected chi connectivity index (χ1v) is 13.0. The van der Waals surface area contributed by atoms with Gasteiger partial charge in [-0.2, -0.15) is 0 Å². The van der Waals surface area contributed by atoms with Crippen LogP contribution in [0.15, 0.2) is 4.99 Å². The fraction of sp³-hybridized carbons (Fsp3) is 0.950. The van der Waals surface area contributed by atoms with E-state index in [4.69, 9.17) is 4.74 Å². The number of nitrogens with zero attached hydrogens (tertiary/aromatic N) is 2. The highest BCUT2D eigenvalue weighted by Crippen LogP contribution is 2.26. The molecule has 1 aliphatic carbocycles. The molecule has 3 rings (SSSR count). The Morgan fingerprint density at radius 3 is 2.60 bits per heavy atom. The van der Waals surface area contributed by atoms with Crippen LogP contribution in [0.2, 0.25) is 0 Å². The molecule has 10 heteroatoms. The van der Waals surface area contributed by atoms with E-state index in [1.807, 2.05) is 0 Å². The molecule has 8 nitrogen and oxygen atoms in total. The van der Waals surface area contributed by atoms with E-state index >= 15 is 0 Å². The third-order valence-electron chi connectivity index (χ3n) is 6.30. The quantitative estimate of drug-likeness (QED) is 0.226. The van der Waals surface area contributed by atoms with Crippen molar-refractivity contribution in [3.05, 3.63) is 0 Å². The van der Waals surface area contributed by atoms with Crippen LogP contribution in [0.1, 0.15) is 51.4 Å². The van der Waals surface area contributed by atoms with Crippen molar-refractivity contribution in [1.29, 1.82) is 0 Å². The minimum atomic E-state index is -3.32. The Morgan fingerprint density at radius 1 is 1.13 bits per heavy atom. The molecule has 0 aromatic carbocycles. The van der Waals surface area contributed by atoms with Crippen molar-refractivity contribution in [1.82, 2.24) is 20.3 Å². The Morgan fingerprint density at radius 2 is 1.90 bits per heavy atom. The van der Waals surface area contributed by atoms with Crippen molar-refractivity contribution in [2.24, 2.45) is 10.9 Å². The first-order chi connectivity index (χ1) is 14.0. The third-order valence-corrected chi connectivity index (χ3v) is 7.64. The van der Waals surface area contributed by atoms with E-state index in [1.165, 1.54) is 32.2 Å². The number of hydrogen-bond acceptors (Lipinski definition) is 5. The molecule has 0 amide bonds. The second-order valence-electron chi connectivity index (χ2n) is 8.69. The molecule has 3 N–H and O–H groups in total. The average molecular weight is 558 g/mol. The number of guanidine groups is 1. The van der Waals surface area contributed by atoms with E-state index in [0.717, 1.165) is 51.3 Å². The van der Waals surface area contributed by atoms with E-state index in [9.17, 15) is 8.42 Å². The summed E-state index contributed by atoms with van der Waals surface area (Å²) in [7, 11) is -1.59. The fourth-order valence-corrected chi connectivity index (χ4v) is 5.58. The Hall–Kier alpha value is -0.170. The summed E-state index contributed by atoms with van der Waals surface area (Å²) in [6.45, 7) is 4.83. The van der Waals surface area contributed by atoms with E-state index in [0.29, 0.717) is 25.1 Å². The highest BCUT2D eigenvalue weighted by Gasteiger charge is 2.26. The van der Waals surface area contributed by atoms with E-state index < -0.39 is 10.0 Å². The molecule has 2 unspecified atom stereocenters. The number of halogens is 1. The fourth-order valence-electron chi connectivity index (χ4n) is 4.63. The number of likely N-dealkylation sites (tertiary alicyclic amines) is 1. The van der Waals surface area contributed by atoms with E-state index in [2.05, 4.69) is 25.2 Å². The summed E-state index contributed by atoms with van der Waals surface area (Å²) in [5.41, 5.74) is 0. The second-order valence-corrected chi connectivity index (χ2v) is 10.6. The van der Waals surface area contributed by atoms with Crippen molar-refractivity contribution < 1.29 is 13.2 Å². The van der Waals surface area contributed by atoms with Crippen molar-refractivity contribution in [2.45, 2.75) is 63.5 Å². The summed E-state index contributed by atoms with van der Waals surface area (Å²) < 4.78 is 32.7. The van der Waals surface area contributed by atoms with Gasteiger partial charge in [0.2, 0.25) is 10.0 Å². The number of aliphatic imine (C=N–C) groups is 1. The molecular formula is C20H40IN5O3S. The maximum absolute atomic E-state index is 12.2. The first-order valence-electron chi connectivity index (χ1n) is 11.3. The van der Waals surface area contributed by atoms with Gasteiger partial charge >= 0.3 is 0 Å². The van der Waals surface area contributed by atoms with Gasteiger partial charge in [0, 0.05) is 52.4 Å². The summed E-state index contributed by atoms with van der Waals surface area (Å²) in [6.07, 6.45) is 9.76. The lowest BCUT2D eigenvalue weighted by Gasteiger charge is -2.23. The topological polar surface area (TPSA) is 95.1 Å². The van der Waals surface area contributed by atoms with Gasteiger partial charge in [-0.1, -0.05) is 12.8 Å². The van der Waals surface area contributed by atoms with Crippen LogP contribution < -0.4 is 15.4 Å². The molecule has 2 heterocycles. The summed E-state index contributed by atoms with van der Waals surface area (Å²) >= 11 is 0. The van der Waals surface area contributed by atoms with Gasteiger partial charge in [0.05, 0.1) is 11.9 Å². The normalized spacial score (nSPS) is 26.5. The van der Waals surface area contributed by atoms with Crippen molar-refractivity contribution in [2.75, 3.05) is 52.1 Å². The lowest BCUT2D eigenvalue weighted by Crippen LogP contribution is -2.46. The number of rotatable bonds is 9. The van der Waals surface area contributed by atoms with Crippen LogP contribution >= 0.6 is 24.0 Å². The van der Waals surface area contributed by atoms with Gasteiger partial charge in [-0.25, -0.2) is 13.1 Å². The highest BCUT2D eigenvalue weighted by molar-refractivity contribution is 14.0. The molecule has 176 valence electrons. The van der Waals surface area contributed by atoms with Gasteiger partial charge < -0.3 is 20.3 Å². The highest BCUT2D eigenvalue weighted by atomic mass is 127. The number of nitrogens with one attached hydrogen (secondary N) is 3. The molecule has 2 aliphatic heterocycles. The van der Waals surface area contributed by atoms with Crippen LogP contribution in [-0.2, 0) is 14.8 Å². The number of ether oxygens (including phenoxy) is 1. The maximum Gasteiger partial charge on any atom is 0.213 e. The largest absolute Gasteiger partial charge is 0.377 e. The van der Waals surface area contributed by atoms with Gasteiger partial charge in [-0.05, 0) is 44.4 Å². The van der Waals surface area contributed by atoms with Crippen LogP contribution in [-0.4, -0.2) is 83.6 Å². The van der Waals surface area contributed by atoms with Crippen molar-refractivity contribution >= 4 is 40.0 Å². The van der Waals surface area contributed by atoms with Crippen LogP contribution in [0.3, 0.4) is 0 Å². The minimum Gasteiger partial charge on any atom is -0.377 e. The Bertz CT molecular complexity index is 622. The zero-order valence-corrected chi connectivity index (χ0v) is 21.4. The minimum absolute atomic E-state index is 0. The molecular weight excluding hydrogens is 517 g/mol. The molecule has 1 saturated carbocycles. The molecule has 0 spiro atoms. The predicted molar refractivity (Wildman–Crippen MR) is 132 cm³/mol. The summed E-state index contributed by atoms with van der Waals surface area (Å²) in [4.78, 5) is 6.82. The molecule has 0 radical (unpaired) electrons. The lowest BCUT2D eigenvalue weighted by molar-refractivity contribution is 0.0200. The van der Waals surface area contributed by atoms with Gasteiger partial charge in [0.15, 0.2) is 5.96 Å². The predicted octanol–water partition coefficient (Wildman–Crippen LogP) is 1.52. The van der Waals surface area contributed by atoms with Crippen LogP contribution in [0.5, 0.6) is 0 Å². The zero-order chi connectivity index (χ0) is 20.5. The number of hydrogen-bond donors (Lipinski definition) is 3. The molecule has 2 atom stereocenters. The maximum atomic E-state index is 12.2. The number of sulfonamides is 1. The van der Waals surface area contributed by atoms with Gasteiger partial charge in [0.25, 0.3) is 0 Å². The molecule has 0 bridgehead atoms. The second kappa shape index (κ2) is 13.4. The van der Waals surface area contributed by atoms with Gasteiger partial charge in [-0.15, -0.1) is 24.0 Å². The van der Waals surface area contributed by atoms with Gasteiger partial charge in [0.1, 0.15) is 0 Å². The SMILES string of the molecule is CN=C(NCCS(=O)(=O)NCC1CCCCO1)NC1CCN(CC2CCCC2)C1.I. The molecule has 0 aromatic heterocycles. The standard InChI is InChI=1S/C20H39N5O3S.HI/c1-21-20(24-18-9-11-25(16-18)15-17-6-2-3-7-17)22-10-13-29(26,27)23-14-19-8-4-5-12-28-19;/h17-19,23H,2-16H2,1H3,(H2,21,22,24);1H. The van der Waals surface area contributed by atoms with Crippen molar-refractivity contribution in [3.8, 4) is 0 Å². The smallest absolute Gasteiger partial charge is 0.213 e. The third kappa shape index (κ3) is 9.13. The van der Waals surface area contributed by atoms with Crippen LogP contribution in [0.25, 0.3) is 0 Å². The van der Waals surface area contributed by atoms with E-state index in [1.54, 1.807) is 7.05 Å². The van der Waals surface area contributed by atoms with Crippen molar-refractivity contribution in [3.63, 3.8) is 0 Å². The van der Waals surface area contributed by atoms with Crippen LogP contribution in [0.4, 0.5) is 0 Å². The Balaban J connectivity index is 0.00000320. The molecule has 30 heavy (non-hydrogen) atoms. The summed E-state index contributed by atoms with van der Waals surface area (Å²) in [5, 5.41) is 6.60. The Labute approximate surface area is 199 Å². The first kappa shape index (κ1) is 26.1. The van der Waals surface area contributed by atoms with Crippen LogP contribution in [0, 0.1) is 5.92 Å².